The molecule has 1 aliphatic heterocycles. The standard InChI is InChI=1S/C25H30N2O4/c1-5-17(3)20-8-6-7-9-22(20)27-14-19(13-24(27)29)25(30)31-15-23(28)26-21-12-16(2)10-11-18(21)4/h6-12,17,19H,5,13-15H2,1-4H3,(H,26,28)/t17-,19+/m1/s1. The van der Waals surface area contributed by atoms with Gasteiger partial charge in [-0.25, -0.2) is 0 Å². The molecule has 0 aliphatic carbocycles. The second-order valence-electron chi connectivity index (χ2n) is 8.25. The molecule has 1 N–H and O–H groups in total. The van der Waals surface area contributed by atoms with E-state index in [4.69, 9.17) is 4.74 Å². The summed E-state index contributed by atoms with van der Waals surface area (Å²) in [7, 11) is 0. The van der Waals surface area contributed by atoms with E-state index in [1.165, 1.54) is 0 Å². The Hall–Kier alpha value is -3.15. The maximum absolute atomic E-state index is 12.6. The van der Waals surface area contributed by atoms with Crippen molar-refractivity contribution >= 4 is 29.2 Å². The molecule has 0 unspecified atom stereocenters. The van der Waals surface area contributed by atoms with Gasteiger partial charge in [-0.05, 0) is 55.0 Å². The molecule has 0 spiro atoms. The Morgan fingerprint density at radius 2 is 1.94 bits per heavy atom. The van der Waals surface area contributed by atoms with Gasteiger partial charge in [0.05, 0.1) is 5.92 Å². The summed E-state index contributed by atoms with van der Waals surface area (Å²) in [5.41, 5.74) is 4.61. The van der Waals surface area contributed by atoms with Crippen LogP contribution in [0.4, 0.5) is 11.4 Å². The fourth-order valence-electron chi connectivity index (χ4n) is 3.78. The first-order valence-corrected chi connectivity index (χ1v) is 10.7. The van der Waals surface area contributed by atoms with Crippen molar-refractivity contribution in [2.45, 2.75) is 46.5 Å². The lowest BCUT2D eigenvalue weighted by Crippen LogP contribution is -2.29. The lowest BCUT2D eigenvalue weighted by atomic mass is 9.96. The molecular weight excluding hydrogens is 392 g/mol. The highest BCUT2D eigenvalue weighted by molar-refractivity contribution is 6.00. The maximum Gasteiger partial charge on any atom is 0.311 e. The summed E-state index contributed by atoms with van der Waals surface area (Å²) < 4.78 is 5.23. The fourth-order valence-corrected chi connectivity index (χ4v) is 3.78. The number of para-hydroxylation sites is 1. The van der Waals surface area contributed by atoms with E-state index in [1.807, 2.05) is 56.3 Å². The number of benzene rings is 2. The molecule has 0 saturated carbocycles. The van der Waals surface area contributed by atoms with Gasteiger partial charge in [0, 0.05) is 24.3 Å². The normalized spacial score (nSPS) is 16.8. The predicted octanol–water partition coefficient (Wildman–Crippen LogP) is 4.35. The summed E-state index contributed by atoms with van der Waals surface area (Å²) in [6.07, 6.45) is 1.05. The third-order valence-electron chi connectivity index (χ3n) is 5.84. The van der Waals surface area contributed by atoms with Gasteiger partial charge in [0.1, 0.15) is 0 Å². The molecule has 2 aromatic rings. The van der Waals surface area contributed by atoms with Gasteiger partial charge in [0.25, 0.3) is 5.91 Å². The molecule has 3 rings (SSSR count). The molecule has 1 fully saturated rings. The summed E-state index contributed by atoms with van der Waals surface area (Å²) in [5, 5.41) is 2.77. The van der Waals surface area contributed by atoms with E-state index in [9.17, 15) is 14.4 Å². The summed E-state index contributed by atoms with van der Waals surface area (Å²) >= 11 is 0. The number of rotatable bonds is 7. The number of nitrogens with one attached hydrogen (secondary N) is 1. The van der Waals surface area contributed by atoms with Crippen LogP contribution in [0.25, 0.3) is 0 Å². The Labute approximate surface area is 183 Å². The molecule has 6 nitrogen and oxygen atoms in total. The zero-order valence-corrected chi connectivity index (χ0v) is 18.6. The Morgan fingerprint density at radius 3 is 2.68 bits per heavy atom. The number of ether oxygens (including phenoxy) is 1. The number of nitrogens with zero attached hydrogens (tertiary/aromatic N) is 1. The summed E-state index contributed by atoms with van der Waals surface area (Å²) in [6, 6.07) is 13.6. The van der Waals surface area contributed by atoms with Crippen molar-refractivity contribution in [3.8, 4) is 0 Å². The highest BCUT2D eigenvalue weighted by Crippen LogP contribution is 2.33. The van der Waals surface area contributed by atoms with Crippen LogP contribution in [0.1, 0.15) is 49.3 Å². The maximum atomic E-state index is 12.6. The number of carbonyl (C=O) groups is 3. The average Bonchev–Trinajstić information content (AvgIpc) is 3.15. The van der Waals surface area contributed by atoms with Gasteiger partial charge in [-0.15, -0.1) is 0 Å². The topological polar surface area (TPSA) is 75.7 Å². The molecule has 6 heteroatoms. The minimum absolute atomic E-state index is 0.0896. The number of amides is 2. The zero-order chi connectivity index (χ0) is 22.5. The lowest BCUT2D eigenvalue weighted by Gasteiger charge is -2.23. The third kappa shape index (κ3) is 5.32. The van der Waals surface area contributed by atoms with Crippen LogP contribution in [0.15, 0.2) is 42.5 Å². The van der Waals surface area contributed by atoms with E-state index in [2.05, 4.69) is 19.2 Å². The summed E-state index contributed by atoms with van der Waals surface area (Å²) in [4.78, 5) is 39.1. The highest BCUT2D eigenvalue weighted by atomic mass is 16.5. The fraction of sp³-hybridized carbons (Fsp3) is 0.400. The van der Waals surface area contributed by atoms with E-state index in [0.717, 1.165) is 28.8 Å². The van der Waals surface area contributed by atoms with Crippen LogP contribution in [-0.2, 0) is 19.1 Å². The van der Waals surface area contributed by atoms with Crippen LogP contribution in [0.5, 0.6) is 0 Å². The van der Waals surface area contributed by atoms with Crippen molar-refractivity contribution in [1.29, 1.82) is 0 Å². The molecule has 1 aliphatic rings. The van der Waals surface area contributed by atoms with Crippen molar-refractivity contribution < 1.29 is 19.1 Å². The molecule has 0 aromatic heterocycles. The first-order valence-electron chi connectivity index (χ1n) is 10.7. The molecule has 0 radical (unpaired) electrons. The monoisotopic (exact) mass is 422 g/mol. The van der Waals surface area contributed by atoms with E-state index in [1.54, 1.807) is 4.90 Å². The SMILES string of the molecule is CC[C@@H](C)c1ccccc1N1C[C@@H](C(=O)OCC(=O)Nc2cc(C)ccc2C)CC1=O. The van der Waals surface area contributed by atoms with Gasteiger partial charge < -0.3 is 15.0 Å². The van der Waals surface area contributed by atoms with Gasteiger partial charge >= 0.3 is 5.97 Å². The molecule has 164 valence electrons. The van der Waals surface area contributed by atoms with Crippen molar-refractivity contribution in [3.05, 3.63) is 59.2 Å². The first kappa shape index (κ1) is 22.5. The summed E-state index contributed by atoms with van der Waals surface area (Å²) in [5.74, 6) is -1.29. The van der Waals surface area contributed by atoms with Gasteiger partial charge in [-0.1, -0.05) is 44.2 Å². The largest absolute Gasteiger partial charge is 0.455 e. The van der Waals surface area contributed by atoms with E-state index < -0.39 is 17.8 Å². The minimum atomic E-state index is -0.578. The third-order valence-corrected chi connectivity index (χ3v) is 5.84. The quantitative estimate of drug-likeness (QED) is 0.673. The van der Waals surface area contributed by atoms with Gasteiger partial charge in [-0.3, -0.25) is 14.4 Å². The Kier molecular flexibility index (Phi) is 7.10. The second-order valence-corrected chi connectivity index (χ2v) is 8.25. The molecule has 2 atom stereocenters. The first-order chi connectivity index (χ1) is 14.8. The van der Waals surface area contributed by atoms with Crippen LogP contribution in [0.2, 0.25) is 0 Å². The molecule has 2 amide bonds. The van der Waals surface area contributed by atoms with Gasteiger partial charge in [0.15, 0.2) is 6.61 Å². The number of carbonyl (C=O) groups excluding carboxylic acids is 3. The van der Waals surface area contributed by atoms with Crippen molar-refractivity contribution in [3.63, 3.8) is 0 Å². The second kappa shape index (κ2) is 9.77. The van der Waals surface area contributed by atoms with Crippen LogP contribution in [0.3, 0.4) is 0 Å². The van der Waals surface area contributed by atoms with E-state index >= 15 is 0 Å². The van der Waals surface area contributed by atoms with Crippen LogP contribution < -0.4 is 10.2 Å². The molecule has 1 heterocycles. The minimum Gasteiger partial charge on any atom is -0.455 e. The Morgan fingerprint density at radius 1 is 1.19 bits per heavy atom. The number of hydrogen-bond donors (Lipinski definition) is 1. The van der Waals surface area contributed by atoms with Gasteiger partial charge in [-0.2, -0.15) is 0 Å². The van der Waals surface area contributed by atoms with Crippen molar-refractivity contribution in [2.24, 2.45) is 5.92 Å². The number of hydrogen-bond acceptors (Lipinski definition) is 4. The average molecular weight is 423 g/mol. The molecule has 2 aromatic carbocycles. The lowest BCUT2D eigenvalue weighted by molar-refractivity contribution is -0.151. The highest BCUT2D eigenvalue weighted by Gasteiger charge is 2.37. The number of anilines is 2. The zero-order valence-electron chi connectivity index (χ0n) is 18.6. The smallest absolute Gasteiger partial charge is 0.311 e. The van der Waals surface area contributed by atoms with Crippen molar-refractivity contribution in [1.82, 2.24) is 0 Å². The number of esters is 1. The van der Waals surface area contributed by atoms with Crippen molar-refractivity contribution in [2.75, 3.05) is 23.4 Å². The van der Waals surface area contributed by atoms with Crippen LogP contribution in [0, 0.1) is 19.8 Å². The van der Waals surface area contributed by atoms with Gasteiger partial charge in [0.2, 0.25) is 5.91 Å². The molecular formula is C25H30N2O4. The Bertz CT molecular complexity index is 985. The molecule has 31 heavy (non-hydrogen) atoms. The van der Waals surface area contributed by atoms with E-state index in [0.29, 0.717) is 11.6 Å². The Balaban J connectivity index is 1.60. The predicted molar refractivity (Wildman–Crippen MR) is 121 cm³/mol. The summed E-state index contributed by atoms with van der Waals surface area (Å²) in [6.45, 7) is 7.97. The van der Waals surface area contributed by atoms with Crippen LogP contribution >= 0.6 is 0 Å². The van der Waals surface area contributed by atoms with Crippen LogP contribution in [-0.4, -0.2) is 30.9 Å². The van der Waals surface area contributed by atoms with E-state index in [-0.39, 0.29) is 25.5 Å². The number of aryl methyl sites for hydroxylation is 2. The molecule has 1 saturated heterocycles. The molecule has 0 bridgehead atoms.